The minimum absolute atomic E-state index is 0.206. The number of allylic oxidation sites excluding steroid dienone is 10. The van der Waals surface area contributed by atoms with E-state index in [1.54, 1.807) is 0 Å². The summed E-state index contributed by atoms with van der Waals surface area (Å²) in [5.74, 6) is 0.206. The minimum Gasteiger partial charge on any atom is -0.454 e. The van der Waals surface area contributed by atoms with Gasteiger partial charge in [-0.2, -0.15) is 0 Å². The number of rotatable bonds is 7. The van der Waals surface area contributed by atoms with Gasteiger partial charge in [-0.05, 0) is 116 Å². The fourth-order valence-corrected chi connectivity index (χ4v) is 12.8. The van der Waals surface area contributed by atoms with E-state index in [4.69, 9.17) is 4.42 Å². The summed E-state index contributed by atoms with van der Waals surface area (Å²) in [4.78, 5) is 4.92. The van der Waals surface area contributed by atoms with Crippen molar-refractivity contribution in [2.24, 2.45) is 11.3 Å². The molecule has 0 amide bonds. The van der Waals surface area contributed by atoms with Crippen molar-refractivity contribution >= 4 is 88.5 Å². The van der Waals surface area contributed by atoms with Crippen molar-refractivity contribution in [1.82, 2.24) is 0 Å². The average Bonchev–Trinajstić information content (AvgIpc) is 3.90. The highest BCUT2D eigenvalue weighted by molar-refractivity contribution is 7.17. The van der Waals surface area contributed by atoms with Crippen LogP contribution in [0.1, 0.15) is 42.5 Å². The maximum atomic E-state index is 6.57. The molecule has 0 saturated carbocycles. The van der Waals surface area contributed by atoms with E-state index < -0.39 is 0 Å². The maximum absolute atomic E-state index is 6.57. The molecule has 0 N–H and O–H groups in total. The van der Waals surface area contributed by atoms with Crippen LogP contribution in [0.3, 0.4) is 0 Å². The molecule has 316 valence electrons. The first-order valence-corrected chi connectivity index (χ1v) is 23.7. The van der Waals surface area contributed by atoms with Gasteiger partial charge in [0.05, 0.1) is 11.2 Å². The Bertz CT molecular complexity index is 3570. The summed E-state index contributed by atoms with van der Waals surface area (Å²) in [6.45, 7) is 11.6. The van der Waals surface area contributed by atoms with Gasteiger partial charge < -0.3 is 14.2 Å². The van der Waals surface area contributed by atoms with Crippen molar-refractivity contribution in [2.75, 3.05) is 9.80 Å². The molecule has 3 unspecified atom stereocenters. The largest absolute Gasteiger partial charge is 0.454 e. The maximum Gasteiger partial charge on any atom is 0.159 e. The molecule has 6 aromatic carbocycles. The van der Waals surface area contributed by atoms with E-state index >= 15 is 0 Å². The second kappa shape index (κ2) is 15.0. The molecule has 0 aliphatic heterocycles. The van der Waals surface area contributed by atoms with Crippen LogP contribution in [-0.4, -0.2) is 5.54 Å². The summed E-state index contributed by atoms with van der Waals surface area (Å²) in [5, 5.41) is 4.97. The highest BCUT2D eigenvalue weighted by atomic mass is 32.1. The first-order chi connectivity index (χ1) is 31.7. The van der Waals surface area contributed by atoms with Crippen LogP contribution < -0.4 is 19.6 Å². The van der Waals surface area contributed by atoms with Gasteiger partial charge in [-0.15, -0.1) is 11.3 Å². The molecular weight excluding hydrogens is 809 g/mol. The molecule has 0 fully saturated rings. The van der Waals surface area contributed by atoms with Crippen LogP contribution in [0.5, 0.6) is 0 Å². The quantitative estimate of drug-likeness (QED) is 0.159. The smallest absolute Gasteiger partial charge is 0.159 e. The summed E-state index contributed by atoms with van der Waals surface area (Å²) in [6, 6.07) is 46.3. The molecule has 2 heterocycles. The molecule has 65 heavy (non-hydrogen) atoms. The highest BCUT2D eigenvalue weighted by Gasteiger charge is 2.42. The Morgan fingerprint density at radius 3 is 2.22 bits per heavy atom. The summed E-state index contributed by atoms with van der Waals surface area (Å²) >= 11 is 1.95. The normalized spacial score (nSPS) is 20.6. The van der Waals surface area contributed by atoms with Gasteiger partial charge in [0.15, 0.2) is 5.58 Å². The SMILES string of the molecule is Cc1cc(C)c(N(c2ccc3c4c(sc3c2)=C2C=CC(c3ccc(N(c5ccccc5)c5cccc6c5oc5ccccc56)cc3)=CC2(C)C2C=CC=CC=42)C2(C)C=CC=CC2)c(C)c1. The zero-order chi connectivity index (χ0) is 44.0. The fourth-order valence-electron chi connectivity index (χ4n) is 11.4. The van der Waals surface area contributed by atoms with E-state index in [2.05, 4.69) is 233 Å². The number of furan rings is 1. The van der Waals surface area contributed by atoms with Gasteiger partial charge in [0, 0.05) is 64.7 Å². The summed E-state index contributed by atoms with van der Waals surface area (Å²) in [7, 11) is 0. The van der Waals surface area contributed by atoms with Gasteiger partial charge in [-0.25, -0.2) is 0 Å². The molecule has 0 saturated heterocycles. The molecule has 0 spiro atoms. The van der Waals surface area contributed by atoms with Crippen LogP contribution in [0.15, 0.2) is 199 Å². The topological polar surface area (TPSA) is 19.6 Å². The second-order valence-electron chi connectivity index (χ2n) is 18.7. The number of fused-ring (bicyclic) bond motifs is 9. The van der Waals surface area contributed by atoms with Gasteiger partial charge in [-0.3, -0.25) is 0 Å². The number of anilines is 5. The number of benzene rings is 6. The molecule has 8 aromatic rings. The van der Waals surface area contributed by atoms with E-state index in [1.807, 2.05) is 17.4 Å². The zero-order valence-corrected chi connectivity index (χ0v) is 38.3. The van der Waals surface area contributed by atoms with Crippen LogP contribution in [0.25, 0.3) is 48.7 Å². The minimum atomic E-state index is -0.238. The first kappa shape index (κ1) is 39.5. The fraction of sp³-hybridized carbons (Fsp3) is 0.148. The third-order valence-electron chi connectivity index (χ3n) is 14.3. The van der Waals surface area contributed by atoms with E-state index in [0.29, 0.717) is 0 Å². The number of thiophene rings is 1. The standard InChI is InChI=1S/C61H50N2OS/c1-39-35-40(2)57(41(3)36-39)63(60(4)33-14-7-15-34-60)46-30-31-50-55(37-46)65-59-52-32-27-43(38-61(52,5)51-22-12-10-20-49(51)56(50)59)42-25-28-45(29-26-42)62(44-17-8-6-9-18-44)53-23-16-21-48-47-19-11-13-24-54(47)64-58(48)53/h6-33,35-38,51H,34H2,1-5H3. The van der Waals surface area contributed by atoms with E-state index in [1.165, 1.54) is 70.2 Å². The number of hydrogen-bond donors (Lipinski definition) is 0. The summed E-state index contributed by atoms with van der Waals surface area (Å²) < 4.78 is 9.28. The van der Waals surface area contributed by atoms with E-state index in [9.17, 15) is 0 Å². The van der Waals surface area contributed by atoms with Crippen molar-refractivity contribution in [3.63, 3.8) is 0 Å². The number of hydrogen-bond acceptors (Lipinski definition) is 4. The van der Waals surface area contributed by atoms with E-state index in [0.717, 1.165) is 45.4 Å². The molecular formula is C61H50N2OS. The average molecular weight is 859 g/mol. The predicted octanol–water partition coefficient (Wildman–Crippen LogP) is 15.3. The Morgan fingerprint density at radius 2 is 1.42 bits per heavy atom. The lowest BCUT2D eigenvalue weighted by Gasteiger charge is -2.43. The second-order valence-corrected chi connectivity index (χ2v) is 19.7. The molecule has 0 bridgehead atoms. The Morgan fingerprint density at radius 1 is 0.662 bits per heavy atom. The monoisotopic (exact) mass is 858 g/mol. The Kier molecular flexibility index (Phi) is 9.09. The molecule has 4 heteroatoms. The molecule has 0 radical (unpaired) electrons. The Labute approximate surface area is 385 Å². The van der Waals surface area contributed by atoms with Crippen LogP contribution in [0, 0.1) is 32.1 Å². The van der Waals surface area contributed by atoms with Crippen LogP contribution in [0.2, 0.25) is 0 Å². The Balaban J connectivity index is 0.960. The van der Waals surface area contributed by atoms with Crippen LogP contribution >= 0.6 is 11.3 Å². The van der Waals surface area contributed by atoms with Crippen molar-refractivity contribution in [2.45, 2.75) is 46.6 Å². The van der Waals surface area contributed by atoms with Crippen LogP contribution in [-0.2, 0) is 0 Å². The molecule has 2 aromatic heterocycles. The van der Waals surface area contributed by atoms with Crippen molar-refractivity contribution in [3.8, 4) is 0 Å². The molecule has 4 aliphatic carbocycles. The van der Waals surface area contributed by atoms with E-state index in [-0.39, 0.29) is 16.9 Å². The van der Waals surface area contributed by atoms with Crippen LogP contribution in [0.4, 0.5) is 28.4 Å². The third kappa shape index (κ3) is 6.22. The molecule has 4 aliphatic rings. The predicted molar refractivity (Wildman–Crippen MR) is 277 cm³/mol. The molecule has 3 atom stereocenters. The summed E-state index contributed by atoms with van der Waals surface area (Å²) in [5.41, 5.74) is 16.2. The van der Waals surface area contributed by atoms with Gasteiger partial charge >= 0.3 is 0 Å². The Hall–Kier alpha value is -7.14. The number of para-hydroxylation sites is 3. The first-order valence-electron chi connectivity index (χ1n) is 22.8. The van der Waals surface area contributed by atoms with Crippen molar-refractivity contribution in [1.29, 1.82) is 0 Å². The highest BCUT2D eigenvalue weighted by Crippen LogP contribution is 2.51. The zero-order valence-electron chi connectivity index (χ0n) is 37.5. The lowest BCUT2D eigenvalue weighted by molar-refractivity contribution is 0.487. The molecule has 12 rings (SSSR count). The third-order valence-corrected chi connectivity index (χ3v) is 15.5. The van der Waals surface area contributed by atoms with Crippen molar-refractivity contribution in [3.05, 3.63) is 226 Å². The lowest BCUT2D eigenvalue weighted by Crippen LogP contribution is -2.43. The molecule has 3 nitrogen and oxygen atoms in total. The number of aryl methyl sites for hydroxylation is 3. The lowest BCUT2D eigenvalue weighted by atomic mass is 9.62. The van der Waals surface area contributed by atoms with Gasteiger partial charge in [0.2, 0.25) is 0 Å². The van der Waals surface area contributed by atoms with Crippen molar-refractivity contribution < 1.29 is 4.42 Å². The van der Waals surface area contributed by atoms with Gasteiger partial charge in [-0.1, -0.05) is 158 Å². The summed E-state index contributed by atoms with van der Waals surface area (Å²) in [6.07, 6.45) is 26.6. The number of nitrogens with zero attached hydrogens (tertiary/aromatic N) is 2. The van der Waals surface area contributed by atoms with Gasteiger partial charge in [0.25, 0.3) is 0 Å². The van der Waals surface area contributed by atoms with Gasteiger partial charge in [0.1, 0.15) is 5.58 Å².